The zero-order valence-corrected chi connectivity index (χ0v) is 11.8. The van der Waals surface area contributed by atoms with E-state index in [4.69, 9.17) is 25.9 Å². The molecule has 2 aromatic heterocycles. The van der Waals surface area contributed by atoms with Crippen molar-refractivity contribution in [3.8, 4) is 0 Å². The van der Waals surface area contributed by atoms with Crippen LogP contribution in [0.15, 0.2) is 12.1 Å². The first-order chi connectivity index (χ1) is 9.71. The van der Waals surface area contributed by atoms with E-state index in [9.17, 15) is 0 Å². The molecule has 5 N–H and O–H groups in total. The Bertz CT molecular complexity index is 548. The average Bonchev–Trinajstić information content (AvgIpc) is 2.92. The summed E-state index contributed by atoms with van der Waals surface area (Å²) in [6.45, 7) is 0.769. The van der Waals surface area contributed by atoms with Crippen molar-refractivity contribution < 1.29 is 20.2 Å². The number of aliphatic hydroxyl groups is 3. The van der Waals surface area contributed by atoms with Gasteiger partial charge in [-0.1, -0.05) is 0 Å². The average molecular weight is 301 g/mol. The van der Waals surface area contributed by atoms with E-state index in [2.05, 4.69) is 0 Å². The van der Waals surface area contributed by atoms with Gasteiger partial charge in [-0.25, -0.2) is 0 Å². The summed E-state index contributed by atoms with van der Waals surface area (Å²) in [7, 11) is 0. The molecule has 0 spiro atoms. The summed E-state index contributed by atoms with van der Waals surface area (Å²) in [6, 6.07) is 3.70. The molecule has 0 saturated heterocycles. The molecule has 0 aliphatic carbocycles. The van der Waals surface area contributed by atoms with Crippen molar-refractivity contribution in [3.63, 3.8) is 0 Å². The molecule has 0 radical (unpaired) electrons. The lowest BCUT2D eigenvalue weighted by atomic mass is 10.4. The molecule has 7 nitrogen and oxygen atoms in total. The standard InChI is InChI=1S/C12H19N3O4S/c13-11-7-9-10(20-11)8-12(15(9)19-6-5-18)14(1-3-16)2-4-17/h7-8,16-18H,1-6,13H2. The highest BCUT2D eigenvalue weighted by molar-refractivity contribution is 7.22. The monoisotopic (exact) mass is 301 g/mol. The minimum Gasteiger partial charge on any atom is -0.409 e. The van der Waals surface area contributed by atoms with E-state index in [1.807, 2.05) is 11.0 Å². The SMILES string of the molecule is Nc1cc2c(cc(N(CCO)CCO)n2OCCO)s1. The summed E-state index contributed by atoms with van der Waals surface area (Å²) in [5.41, 5.74) is 6.60. The summed E-state index contributed by atoms with van der Waals surface area (Å²) in [6.07, 6.45) is 0. The maximum Gasteiger partial charge on any atom is 0.147 e. The Kier molecular flexibility index (Phi) is 5.07. The second-order valence-corrected chi connectivity index (χ2v) is 5.30. The lowest BCUT2D eigenvalue weighted by Gasteiger charge is -2.24. The number of nitrogen functional groups attached to an aromatic ring is 1. The second kappa shape index (κ2) is 6.80. The molecule has 0 aliphatic rings. The van der Waals surface area contributed by atoms with Crippen LogP contribution in [0, 0.1) is 0 Å². The molecule has 0 bridgehead atoms. The van der Waals surface area contributed by atoms with Crippen LogP contribution < -0.4 is 15.5 Å². The molecule has 2 rings (SSSR count). The van der Waals surface area contributed by atoms with Gasteiger partial charge >= 0.3 is 0 Å². The minimum atomic E-state index is -0.0985. The largest absolute Gasteiger partial charge is 0.409 e. The number of anilines is 2. The molecule has 20 heavy (non-hydrogen) atoms. The van der Waals surface area contributed by atoms with Crippen molar-refractivity contribution in [3.05, 3.63) is 12.1 Å². The summed E-state index contributed by atoms with van der Waals surface area (Å²) in [5.74, 6) is 0.725. The van der Waals surface area contributed by atoms with Gasteiger partial charge in [0.2, 0.25) is 0 Å². The molecular formula is C12H19N3O4S. The quantitative estimate of drug-likeness (QED) is 0.524. The van der Waals surface area contributed by atoms with Crippen LogP contribution in [-0.2, 0) is 0 Å². The van der Waals surface area contributed by atoms with Gasteiger partial charge in [0.15, 0.2) is 0 Å². The molecule has 2 heterocycles. The maximum atomic E-state index is 9.13. The molecule has 8 heteroatoms. The number of hydrogen-bond donors (Lipinski definition) is 4. The number of aliphatic hydroxyl groups excluding tert-OH is 3. The number of thiophene rings is 1. The maximum absolute atomic E-state index is 9.13. The molecule has 0 amide bonds. The van der Waals surface area contributed by atoms with Crippen LogP contribution in [-0.4, -0.2) is 59.6 Å². The van der Waals surface area contributed by atoms with Gasteiger partial charge in [0.05, 0.1) is 29.5 Å². The Balaban J connectivity index is 2.40. The molecule has 0 fully saturated rings. The first kappa shape index (κ1) is 14.9. The highest BCUT2D eigenvalue weighted by atomic mass is 32.1. The second-order valence-electron chi connectivity index (χ2n) is 4.19. The van der Waals surface area contributed by atoms with Crippen LogP contribution in [0.1, 0.15) is 0 Å². The van der Waals surface area contributed by atoms with Crippen molar-refractivity contribution in [1.82, 2.24) is 4.73 Å². The number of aromatic nitrogens is 1. The normalized spacial score (nSPS) is 11.2. The predicted molar refractivity (Wildman–Crippen MR) is 79.1 cm³/mol. The number of fused-ring (bicyclic) bond motifs is 1. The number of nitrogens with zero attached hydrogens (tertiary/aromatic N) is 2. The molecule has 112 valence electrons. The van der Waals surface area contributed by atoms with Crippen molar-refractivity contribution in [2.45, 2.75) is 0 Å². The summed E-state index contributed by atoms with van der Waals surface area (Å²) in [5, 5.41) is 27.9. The van der Waals surface area contributed by atoms with Gasteiger partial charge in [-0.2, -0.15) is 4.73 Å². The summed E-state index contributed by atoms with van der Waals surface area (Å²) < 4.78 is 2.54. The van der Waals surface area contributed by atoms with Gasteiger partial charge in [0.25, 0.3) is 0 Å². The Morgan fingerprint density at radius 1 is 1.15 bits per heavy atom. The first-order valence-corrected chi connectivity index (χ1v) is 7.14. The Labute approximate surface area is 120 Å². The van der Waals surface area contributed by atoms with Crippen LogP contribution in [0.2, 0.25) is 0 Å². The van der Waals surface area contributed by atoms with E-state index >= 15 is 0 Å². The van der Waals surface area contributed by atoms with Crippen LogP contribution in [0.5, 0.6) is 0 Å². The van der Waals surface area contributed by atoms with Gasteiger partial charge in [0, 0.05) is 25.2 Å². The highest BCUT2D eigenvalue weighted by Crippen LogP contribution is 2.33. The van der Waals surface area contributed by atoms with Crippen LogP contribution >= 0.6 is 11.3 Å². The third-order valence-electron chi connectivity index (χ3n) is 2.82. The lowest BCUT2D eigenvalue weighted by molar-refractivity contribution is 0.0846. The van der Waals surface area contributed by atoms with E-state index in [1.54, 1.807) is 10.8 Å². The number of nitrogens with two attached hydrogens (primary N) is 1. The molecule has 2 aromatic rings. The van der Waals surface area contributed by atoms with E-state index in [0.29, 0.717) is 18.1 Å². The highest BCUT2D eigenvalue weighted by Gasteiger charge is 2.17. The summed E-state index contributed by atoms with van der Waals surface area (Å²) >= 11 is 1.44. The minimum absolute atomic E-state index is 0.0268. The van der Waals surface area contributed by atoms with Crippen molar-refractivity contribution in [2.75, 3.05) is 50.2 Å². The Morgan fingerprint density at radius 2 is 1.85 bits per heavy atom. The van der Waals surface area contributed by atoms with Gasteiger partial charge < -0.3 is 30.8 Å². The van der Waals surface area contributed by atoms with Gasteiger partial charge in [-0.15, -0.1) is 11.3 Å². The molecule has 0 aliphatic heterocycles. The van der Waals surface area contributed by atoms with E-state index in [-0.39, 0.29) is 26.4 Å². The van der Waals surface area contributed by atoms with Gasteiger partial charge in [-0.05, 0) is 0 Å². The molecule has 0 atom stereocenters. The Hall–Kier alpha value is -1.48. The van der Waals surface area contributed by atoms with Crippen molar-refractivity contribution in [1.29, 1.82) is 0 Å². The topological polar surface area (TPSA) is 104 Å². The summed E-state index contributed by atoms with van der Waals surface area (Å²) in [4.78, 5) is 7.36. The fourth-order valence-corrected chi connectivity index (χ4v) is 2.88. The molecule has 0 unspecified atom stereocenters. The number of rotatable bonds is 8. The zero-order valence-electron chi connectivity index (χ0n) is 11.0. The third-order valence-corrected chi connectivity index (χ3v) is 3.72. The van der Waals surface area contributed by atoms with Crippen molar-refractivity contribution >= 4 is 32.4 Å². The molecule has 0 aromatic carbocycles. The van der Waals surface area contributed by atoms with Crippen LogP contribution in [0.4, 0.5) is 10.8 Å². The fraction of sp³-hybridized carbons (Fsp3) is 0.500. The third kappa shape index (κ3) is 2.98. The Morgan fingerprint density at radius 3 is 2.45 bits per heavy atom. The molecule has 0 saturated carbocycles. The van der Waals surface area contributed by atoms with E-state index < -0.39 is 0 Å². The van der Waals surface area contributed by atoms with E-state index in [1.165, 1.54) is 11.3 Å². The molecular weight excluding hydrogens is 282 g/mol. The predicted octanol–water partition coefficient (Wildman–Crippen LogP) is -0.503. The van der Waals surface area contributed by atoms with E-state index in [0.717, 1.165) is 16.0 Å². The van der Waals surface area contributed by atoms with Crippen molar-refractivity contribution in [2.24, 2.45) is 0 Å². The number of hydrogen-bond acceptors (Lipinski definition) is 7. The van der Waals surface area contributed by atoms with Crippen LogP contribution in [0.25, 0.3) is 10.2 Å². The lowest BCUT2D eigenvalue weighted by Crippen LogP contribution is -2.33. The first-order valence-electron chi connectivity index (χ1n) is 6.32. The van der Waals surface area contributed by atoms with Crippen LogP contribution in [0.3, 0.4) is 0 Å². The smallest absolute Gasteiger partial charge is 0.147 e. The fourth-order valence-electron chi connectivity index (χ4n) is 2.05. The van der Waals surface area contributed by atoms with Gasteiger partial charge in [0.1, 0.15) is 17.9 Å². The van der Waals surface area contributed by atoms with Gasteiger partial charge in [-0.3, -0.25) is 0 Å². The zero-order chi connectivity index (χ0) is 14.5.